The van der Waals surface area contributed by atoms with Crippen molar-refractivity contribution >= 4 is 11.8 Å². The first-order valence-electron chi connectivity index (χ1n) is 3.56. The lowest BCUT2D eigenvalue weighted by molar-refractivity contribution is -0.152. The van der Waals surface area contributed by atoms with Crippen LogP contribution in [0.15, 0.2) is 0 Å². The molecule has 0 aromatic rings. The monoisotopic (exact) mass is 197 g/mol. The average Bonchev–Trinajstić information content (AvgIpc) is 1.95. The molecule has 0 radical (unpaired) electrons. The van der Waals surface area contributed by atoms with Gasteiger partial charge in [-0.3, -0.25) is 0 Å². The van der Waals surface area contributed by atoms with Crippen LogP contribution in [0.25, 0.3) is 0 Å². The summed E-state index contributed by atoms with van der Waals surface area (Å²) in [6.07, 6.45) is -3.53. The second-order valence-electron chi connectivity index (χ2n) is 2.30. The van der Waals surface area contributed by atoms with Crippen molar-refractivity contribution in [2.75, 3.05) is 11.5 Å². The largest absolute Gasteiger partial charge is 0.405 e. The quantitative estimate of drug-likeness (QED) is 0.647. The van der Waals surface area contributed by atoms with Gasteiger partial charge in [0, 0.05) is 5.75 Å². The lowest BCUT2D eigenvalue weighted by Crippen LogP contribution is -2.23. The van der Waals surface area contributed by atoms with Gasteiger partial charge in [-0.2, -0.15) is 30.2 Å². The van der Waals surface area contributed by atoms with Crippen molar-refractivity contribution in [1.82, 2.24) is 0 Å². The first-order chi connectivity index (χ1) is 5.52. The number of nitriles is 1. The molecular formula is C7H10F3NS. The van der Waals surface area contributed by atoms with Crippen molar-refractivity contribution in [3.63, 3.8) is 0 Å². The fourth-order valence-electron chi connectivity index (χ4n) is 0.550. The first kappa shape index (κ1) is 11.6. The fraction of sp³-hybridized carbons (Fsp3) is 0.857. The second-order valence-corrected chi connectivity index (χ2v) is 3.45. The van der Waals surface area contributed by atoms with Crippen LogP contribution in [0, 0.1) is 17.2 Å². The minimum atomic E-state index is -4.37. The van der Waals surface area contributed by atoms with E-state index in [-0.39, 0.29) is 5.75 Å². The lowest BCUT2D eigenvalue weighted by atomic mass is 10.2. The summed E-state index contributed by atoms with van der Waals surface area (Å²) >= 11 is 1.17. The van der Waals surface area contributed by atoms with Crippen LogP contribution in [-0.4, -0.2) is 17.7 Å². The number of halogens is 3. The van der Waals surface area contributed by atoms with Gasteiger partial charge in [0.05, 0.1) is 6.07 Å². The Hall–Kier alpha value is -0.370. The Morgan fingerprint density at radius 2 is 2.08 bits per heavy atom. The molecule has 5 heteroatoms. The van der Waals surface area contributed by atoms with Crippen LogP contribution in [0.1, 0.15) is 13.3 Å². The molecule has 0 spiro atoms. The molecule has 1 unspecified atom stereocenters. The number of alkyl halides is 3. The van der Waals surface area contributed by atoms with Gasteiger partial charge in [-0.25, -0.2) is 0 Å². The van der Waals surface area contributed by atoms with Crippen LogP contribution in [-0.2, 0) is 0 Å². The average molecular weight is 197 g/mol. The molecule has 0 saturated heterocycles. The Morgan fingerprint density at radius 3 is 2.42 bits per heavy atom. The van der Waals surface area contributed by atoms with Gasteiger partial charge >= 0.3 is 6.18 Å². The van der Waals surface area contributed by atoms with Crippen molar-refractivity contribution in [2.24, 2.45) is 5.92 Å². The van der Waals surface area contributed by atoms with Gasteiger partial charge in [-0.15, -0.1) is 0 Å². The Bertz CT molecular complexity index is 161. The minimum absolute atomic E-state index is 0.145. The van der Waals surface area contributed by atoms with Crippen molar-refractivity contribution in [1.29, 1.82) is 5.26 Å². The number of hydrogen-bond acceptors (Lipinski definition) is 2. The molecule has 0 aliphatic heterocycles. The molecule has 0 amide bonds. The highest BCUT2D eigenvalue weighted by atomic mass is 32.2. The SMILES string of the molecule is CCCSCC(C#N)C(F)(F)F. The number of thioether (sulfide) groups is 1. The van der Waals surface area contributed by atoms with E-state index in [4.69, 9.17) is 5.26 Å². The highest BCUT2D eigenvalue weighted by Gasteiger charge is 2.39. The predicted molar refractivity (Wildman–Crippen MR) is 42.8 cm³/mol. The van der Waals surface area contributed by atoms with Gasteiger partial charge in [0.2, 0.25) is 0 Å². The highest BCUT2D eigenvalue weighted by Crippen LogP contribution is 2.28. The number of hydrogen-bond donors (Lipinski definition) is 0. The van der Waals surface area contributed by atoms with Crippen molar-refractivity contribution in [3.8, 4) is 6.07 Å². The van der Waals surface area contributed by atoms with Gasteiger partial charge in [-0.05, 0) is 12.2 Å². The van der Waals surface area contributed by atoms with Crippen molar-refractivity contribution in [3.05, 3.63) is 0 Å². The molecule has 1 nitrogen and oxygen atoms in total. The summed E-state index contributed by atoms with van der Waals surface area (Å²) in [5.41, 5.74) is 0. The zero-order valence-electron chi connectivity index (χ0n) is 6.69. The molecule has 0 fully saturated rings. The molecule has 0 bridgehead atoms. The summed E-state index contributed by atoms with van der Waals surface area (Å²) in [5, 5.41) is 8.18. The first-order valence-corrected chi connectivity index (χ1v) is 4.72. The Balaban J connectivity index is 3.79. The Kier molecular flexibility index (Phi) is 5.14. The molecular weight excluding hydrogens is 187 g/mol. The second kappa shape index (κ2) is 5.31. The minimum Gasteiger partial charge on any atom is -0.198 e. The van der Waals surface area contributed by atoms with Crippen LogP contribution in [0.4, 0.5) is 13.2 Å². The van der Waals surface area contributed by atoms with E-state index in [1.807, 2.05) is 6.92 Å². The maximum absolute atomic E-state index is 11.9. The van der Waals surface area contributed by atoms with Gasteiger partial charge in [0.25, 0.3) is 0 Å². The summed E-state index contributed by atoms with van der Waals surface area (Å²) in [5.74, 6) is -1.28. The number of rotatable bonds is 4. The Labute approximate surface area is 73.9 Å². The molecule has 0 saturated carbocycles. The van der Waals surface area contributed by atoms with Crippen molar-refractivity contribution in [2.45, 2.75) is 19.5 Å². The Morgan fingerprint density at radius 1 is 1.50 bits per heavy atom. The summed E-state index contributed by atoms with van der Waals surface area (Å²) in [7, 11) is 0. The van der Waals surface area contributed by atoms with E-state index >= 15 is 0 Å². The van der Waals surface area contributed by atoms with E-state index in [1.165, 1.54) is 17.8 Å². The molecule has 0 aromatic heterocycles. The van der Waals surface area contributed by atoms with Gasteiger partial charge < -0.3 is 0 Å². The van der Waals surface area contributed by atoms with Crippen LogP contribution in [0.5, 0.6) is 0 Å². The molecule has 70 valence electrons. The third kappa shape index (κ3) is 4.50. The summed E-state index contributed by atoms with van der Waals surface area (Å²) < 4.78 is 35.7. The maximum atomic E-state index is 11.9. The van der Waals surface area contributed by atoms with Gasteiger partial charge in [0.15, 0.2) is 5.92 Å². The summed E-state index contributed by atoms with van der Waals surface area (Å²) in [6.45, 7) is 1.89. The smallest absolute Gasteiger partial charge is 0.198 e. The third-order valence-electron chi connectivity index (χ3n) is 1.18. The molecule has 0 N–H and O–H groups in total. The van der Waals surface area contributed by atoms with Crippen molar-refractivity contribution < 1.29 is 13.2 Å². The third-order valence-corrected chi connectivity index (χ3v) is 2.45. The molecule has 1 atom stereocenters. The van der Waals surface area contributed by atoms with E-state index in [9.17, 15) is 13.2 Å². The van der Waals surface area contributed by atoms with Crippen LogP contribution >= 0.6 is 11.8 Å². The molecule has 0 aliphatic rings. The fourth-order valence-corrected chi connectivity index (χ4v) is 1.51. The molecule has 12 heavy (non-hydrogen) atoms. The van der Waals surface area contributed by atoms with E-state index in [0.717, 1.165) is 6.42 Å². The summed E-state index contributed by atoms with van der Waals surface area (Å²) in [6, 6.07) is 1.26. The zero-order valence-corrected chi connectivity index (χ0v) is 7.50. The topological polar surface area (TPSA) is 23.8 Å². The summed E-state index contributed by atoms with van der Waals surface area (Å²) in [4.78, 5) is 0. The predicted octanol–water partition coefficient (Wildman–Crippen LogP) is 2.83. The van der Waals surface area contributed by atoms with E-state index in [1.54, 1.807) is 0 Å². The van der Waals surface area contributed by atoms with Crippen LogP contribution in [0.3, 0.4) is 0 Å². The standard InChI is InChI=1S/C7H10F3NS/c1-2-3-12-5-6(4-11)7(8,9)10/h6H,2-3,5H2,1H3. The van der Waals surface area contributed by atoms with Gasteiger partial charge in [0.1, 0.15) is 0 Å². The van der Waals surface area contributed by atoms with E-state index in [0.29, 0.717) is 5.75 Å². The molecule has 0 heterocycles. The zero-order chi connectivity index (χ0) is 9.61. The molecule has 0 aliphatic carbocycles. The van der Waals surface area contributed by atoms with E-state index < -0.39 is 12.1 Å². The van der Waals surface area contributed by atoms with Crippen LogP contribution < -0.4 is 0 Å². The highest BCUT2D eigenvalue weighted by molar-refractivity contribution is 7.99. The van der Waals surface area contributed by atoms with E-state index in [2.05, 4.69) is 0 Å². The van der Waals surface area contributed by atoms with Gasteiger partial charge in [-0.1, -0.05) is 6.92 Å². The van der Waals surface area contributed by atoms with Crippen LogP contribution in [0.2, 0.25) is 0 Å². The molecule has 0 rings (SSSR count). The molecule has 0 aromatic carbocycles. The normalized spacial score (nSPS) is 13.9. The maximum Gasteiger partial charge on any atom is 0.405 e. The number of nitrogens with zero attached hydrogens (tertiary/aromatic N) is 1. The lowest BCUT2D eigenvalue weighted by Gasteiger charge is -2.11.